The van der Waals surface area contributed by atoms with Gasteiger partial charge in [0.2, 0.25) is 5.82 Å². The third-order valence-corrected chi connectivity index (χ3v) is 5.86. The monoisotopic (exact) mass is 468 g/mol. The highest BCUT2D eigenvalue weighted by molar-refractivity contribution is 7.80. The van der Waals surface area contributed by atoms with Gasteiger partial charge in [0, 0.05) is 17.8 Å². The van der Waals surface area contributed by atoms with Crippen LogP contribution < -0.4 is 14.8 Å². The smallest absolute Gasteiger partial charge is 0.258 e. The van der Waals surface area contributed by atoms with Gasteiger partial charge in [-0.3, -0.25) is 0 Å². The summed E-state index contributed by atoms with van der Waals surface area (Å²) in [5, 5.41) is 8.13. The number of nitrogens with one attached hydrogen (secondary N) is 1. The second-order valence-corrected chi connectivity index (χ2v) is 7.97. The number of hydrogen-bond donors (Lipinski definition) is 1. The second kappa shape index (κ2) is 9.58. The molecule has 0 spiro atoms. The summed E-state index contributed by atoms with van der Waals surface area (Å²) in [7, 11) is 3.19. The van der Waals surface area contributed by atoms with E-state index in [4.69, 9.17) is 26.2 Å². The number of methoxy groups -OCH3 is 2. The average Bonchev–Trinajstić information content (AvgIpc) is 3.30. The highest BCUT2D eigenvalue weighted by Gasteiger charge is 2.34. The summed E-state index contributed by atoms with van der Waals surface area (Å²) in [4.78, 5) is 6.62. The van der Waals surface area contributed by atoms with E-state index in [2.05, 4.69) is 22.4 Å². The van der Waals surface area contributed by atoms with E-state index >= 15 is 0 Å². The molecule has 9 heteroatoms. The summed E-state index contributed by atoms with van der Waals surface area (Å²) in [6.45, 7) is 4.81. The molecular weight excluding hydrogens is 443 g/mol. The second-order valence-electron chi connectivity index (χ2n) is 7.58. The Labute approximate surface area is 197 Å². The number of rotatable bonds is 7. The van der Waals surface area contributed by atoms with Gasteiger partial charge in [-0.2, -0.15) is 4.98 Å². The van der Waals surface area contributed by atoms with Crippen molar-refractivity contribution < 1.29 is 18.4 Å². The van der Waals surface area contributed by atoms with Gasteiger partial charge < -0.3 is 24.2 Å². The van der Waals surface area contributed by atoms with Crippen molar-refractivity contribution in [2.45, 2.75) is 26.3 Å². The van der Waals surface area contributed by atoms with E-state index in [1.807, 2.05) is 30.0 Å². The van der Waals surface area contributed by atoms with Crippen molar-refractivity contribution in [3.05, 3.63) is 65.4 Å². The molecule has 0 aliphatic carbocycles. The quantitative estimate of drug-likeness (QED) is 0.488. The topological polar surface area (TPSA) is 72.7 Å². The van der Waals surface area contributed by atoms with Crippen molar-refractivity contribution in [3.63, 3.8) is 0 Å². The first-order valence-corrected chi connectivity index (χ1v) is 11.0. The first-order chi connectivity index (χ1) is 16.0. The highest BCUT2D eigenvalue weighted by atomic mass is 32.1. The number of benzene rings is 2. The fourth-order valence-electron chi connectivity index (χ4n) is 3.91. The zero-order chi connectivity index (χ0) is 23.5. The van der Waals surface area contributed by atoms with Gasteiger partial charge in [0.25, 0.3) is 5.89 Å². The number of hydrogen-bond acceptors (Lipinski definition) is 6. The lowest BCUT2D eigenvalue weighted by Gasteiger charge is -2.37. The number of thiocarbonyl (C=S) groups is 1. The van der Waals surface area contributed by atoms with Crippen LogP contribution in [0.3, 0.4) is 0 Å². The highest BCUT2D eigenvalue weighted by Crippen LogP contribution is 2.40. The van der Waals surface area contributed by atoms with E-state index in [0.717, 1.165) is 29.8 Å². The Bertz CT molecular complexity index is 1210. The lowest BCUT2D eigenvalue weighted by molar-refractivity contribution is 0.354. The molecule has 1 N–H and O–H groups in total. The van der Waals surface area contributed by atoms with Gasteiger partial charge in [-0.15, -0.1) is 0 Å². The van der Waals surface area contributed by atoms with Crippen LogP contribution in [0.2, 0.25) is 0 Å². The van der Waals surface area contributed by atoms with Crippen LogP contribution in [-0.2, 0) is 0 Å². The summed E-state index contributed by atoms with van der Waals surface area (Å²) in [6.07, 6.45) is 0.909. The molecule has 2 aromatic carbocycles. The molecule has 0 radical (unpaired) electrons. The van der Waals surface area contributed by atoms with E-state index in [0.29, 0.717) is 33.9 Å². The molecular formula is C24H25FN4O3S. The lowest BCUT2D eigenvalue weighted by Crippen LogP contribution is -2.46. The first-order valence-electron chi connectivity index (χ1n) is 10.6. The Morgan fingerprint density at radius 1 is 1.15 bits per heavy atom. The number of halogens is 1. The fraction of sp³-hybridized carbons (Fsp3) is 0.292. The number of ether oxygens (including phenoxy) is 2. The third-order valence-electron chi connectivity index (χ3n) is 5.52. The van der Waals surface area contributed by atoms with Crippen LogP contribution in [0.15, 0.2) is 52.7 Å². The number of aromatic nitrogens is 2. The van der Waals surface area contributed by atoms with Crippen molar-refractivity contribution in [1.82, 2.24) is 20.4 Å². The van der Waals surface area contributed by atoms with Crippen LogP contribution in [-0.4, -0.2) is 40.9 Å². The van der Waals surface area contributed by atoms with E-state index in [1.54, 1.807) is 26.4 Å². The van der Waals surface area contributed by atoms with Crippen LogP contribution in [0.5, 0.6) is 11.5 Å². The zero-order valence-corrected chi connectivity index (χ0v) is 19.7. The molecule has 0 saturated heterocycles. The van der Waals surface area contributed by atoms with Crippen molar-refractivity contribution >= 4 is 22.9 Å². The van der Waals surface area contributed by atoms with Crippen LogP contribution in [0.4, 0.5) is 4.39 Å². The van der Waals surface area contributed by atoms with Crippen LogP contribution in [0.25, 0.3) is 17.0 Å². The standard InChI is InChI=1S/C24H25FN4O3S/c1-5-11-29-14(2)20(23-27-22(28-32-23)16-7-6-8-17(25)12-16)21(26-24(29)33)15-9-10-18(30-3)19(13-15)31-4/h6-10,12-13,21H,5,11H2,1-4H3,(H,26,33). The molecule has 7 nitrogen and oxygen atoms in total. The molecule has 1 unspecified atom stereocenters. The van der Waals surface area contributed by atoms with Crippen LogP contribution in [0, 0.1) is 5.82 Å². The first kappa shape index (κ1) is 22.7. The molecule has 172 valence electrons. The molecule has 1 aromatic heterocycles. The predicted molar refractivity (Wildman–Crippen MR) is 127 cm³/mol. The van der Waals surface area contributed by atoms with Gasteiger partial charge in [-0.05, 0) is 55.4 Å². The van der Waals surface area contributed by atoms with E-state index < -0.39 is 0 Å². The number of allylic oxidation sites excluding steroid dienone is 1. The van der Waals surface area contributed by atoms with Crippen LogP contribution in [0.1, 0.15) is 37.8 Å². The Balaban J connectivity index is 1.83. The molecule has 33 heavy (non-hydrogen) atoms. The molecule has 4 rings (SSSR count). The van der Waals surface area contributed by atoms with Gasteiger partial charge in [-0.25, -0.2) is 4.39 Å². The van der Waals surface area contributed by atoms with Crippen molar-refractivity contribution in [2.75, 3.05) is 20.8 Å². The maximum Gasteiger partial charge on any atom is 0.258 e. The minimum atomic E-state index is -0.365. The molecule has 3 aromatic rings. The molecule has 1 atom stereocenters. The van der Waals surface area contributed by atoms with E-state index in [-0.39, 0.29) is 11.9 Å². The third kappa shape index (κ3) is 4.41. The van der Waals surface area contributed by atoms with Crippen molar-refractivity contribution in [1.29, 1.82) is 0 Å². The summed E-state index contributed by atoms with van der Waals surface area (Å²) in [6, 6.07) is 11.4. The van der Waals surface area contributed by atoms with Gasteiger partial charge in [0.15, 0.2) is 16.6 Å². The maximum atomic E-state index is 13.7. The zero-order valence-electron chi connectivity index (χ0n) is 18.9. The van der Waals surface area contributed by atoms with Crippen molar-refractivity contribution in [2.24, 2.45) is 0 Å². The maximum absolute atomic E-state index is 13.7. The largest absolute Gasteiger partial charge is 0.493 e. The van der Waals surface area contributed by atoms with E-state index in [1.165, 1.54) is 12.1 Å². The average molecular weight is 469 g/mol. The SMILES string of the molecule is CCCN1C(=S)NC(c2ccc(OC)c(OC)c2)C(c2nc(-c3cccc(F)c3)no2)=C1C. The molecule has 1 aliphatic rings. The molecule has 0 fully saturated rings. The minimum Gasteiger partial charge on any atom is -0.493 e. The number of nitrogens with zero attached hydrogens (tertiary/aromatic N) is 3. The summed E-state index contributed by atoms with van der Waals surface area (Å²) >= 11 is 5.67. The fourth-order valence-corrected chi connectivity index (χ4v) is 4.26. The lowest BCUT2D eigenvalue weighted by atomic mass is 9.94. The van der Waals surface area contributed by atoms with E-state index in [9.17, 15) is 4.39 Å². The van der Waals surface area contributed by atoms with Crippen molar-refractivity contribution in [3.8, 4) is 22.9 Å². The van der Waals surface area contributed by atoms with Crippen LogP contribution >= 0.6 is 12.2 Å². The minimum absolute atomic E-state index is 0.311. The summed E-state index contributed by atoms with van der Waals surface area (Å²) in [5.41, 5.74) is 3.14. The summed E-state index contributed by atoms with van der Waals surface area (Å²) < 4.78 is 30.3. The predicted octanol–water partition coefficient (Wildman–Crippen LogP) is 4.97. The Kier molecular flexibility index (Phi) is 6.60. The Hall–Kier alpha value is -3.46. The molecule has 1 aliphatic heterocycles. The molecule has 0 saturated carbocycles. The Morgan fingerprint density at radius 3 is 2.64 bits per heavy atom. The van der Waals surface area contributed by atoms with Gasteiger partial charge >= 0.3 is 0 Å². The van der Waals surface area contributed by atoms with Gasteiger partial charge in [0.05, 0.1) is 25.8 Å². The Morgan fingerprint density at radius 2 is 1.94 bits per heavy atom. The molecule has 0 amide bonds. The summed E-state index contributed by atoms with van der Waals surface area (Å²) in [5.74, 6) is 1.51. The molecule has 2 heterocycles. The van der Waals surface area contributed by atoms with Gasteiger partial charge in [0.1, 0.15) is 5.82 Å². The normalized spacial score (nSPS) is 16.1. The molecule has 0 bridgehead atoms. The van der Waals surface area contributed by atoms with Gasteiger partial charge in [-0.1, -0.05) is 30.3 Å².